The smallest absolute Gasteiger partial charge is 0.142 e. The molecule has 1 rings (SSSR count). The standard InChI is InChI=1S/C10H10FNO/c1-7-5-9(11)8(3-2-4-13)6-10(7)12/h2-6H,12H2,1H3. The summed E-state index contributed by atoms with van der Waals surface area (Å²) in [5, 5.41) is 0. The van der Waals surface area contributed by atoms with Crippen LogP contribution >= 0.6 is 0 Å². The average Bonchev–Trinajstić information content (AvgIpc) is 2.09. The van der Waals surface area contributed by atoms with Crippen molar-refractivity contribution in [3.8, 4) is 0 Å². The molecule has 0 heterocycles. The van der Waals surface area contributed by atoms with Gasteiger partial charge in [-0.1, -0.05) is 0 Å². The number of aldehydes is 1. The summed E-state index contributed by atoms with van der Waals surface area (Å²) in [6.45, 7) is 1.73. The zero-order valence-electron chi connectivity index (χ0n) is 7.25. The molecule has 1 aromatic carbocycles. The number of nitrogens with two attached hydrogens (primary N) is 1. The molecular formula is C10H10FNO. The van der Waals surface area contributed by atoms with E-state index in [9.17, 15) is 9.18 Å². The van der Waals surface area contributed by atoms with Crippen LogP contribution in [0.5, 0.6) is 0 Å². The van der Waals surface area contributed by atoms with Gasteiger partial charge in [0.05, 0.1) is 0 Å². The van der Waals surface area contributed by atoms with Gasteiger partial charge in [-0.05, 0) is 36.8 Å². The third kappa shape index (κ3) is 2.15. The van der Waals surface area contributed by atoms with E-state index in [0.717, 1.165) is 0 Å². The van der Waals surface area contributed by atoms with Crippen LogP contribution in [0.1, 0.15) is 11.1 Å². The lowest BCUT2D eigenvalue weighted by Crippen LogP contribution is -1.93. The minimum atomic E-state index is -0.371. The van der Waals surface area contributed by atoms with E-state index in [1.165, 1.54) is 24.3 Å². The Labute approximate surface area is 75.9 Å². The van der Waals surface area contributed by atoms with Gasteiger partial charge in [-0.2, -0.15) is 0 Å². The van der Waals surface area contributed by atoms with Gasteiger partial charge < -0.3 is 5.73 Å². The normalized spacial score (nSPS) is 10.6. The largest absolute Gasteiger partial charge is 0.398 e. The first-order valence-corrected chi connectivity index (χ1v) is 3.82. The van der Waals surface area contributed by atoms with Crippen LogP contribution in [-0.2, 0) is 4.79 Å². The van der Waals surface area contributed by atoms with Crippen molar-refractivity contribution in [3.05, 3.63) is 35.2 Å². The van der Waals surface area contributed by atoms with Crippen molar-refractivity contribution >= 4 is 18.0 Å². The van der Waals surface area contributed by atoms with E-state index in [1.807, 2.05) is 0 Å². The Morgan fingerprint density at radius 1 is 1.46 bits per heavy atom. The Balaban J connectivity index is 3.15. The van der Waals surface area contributed by atoms with Gasteiger partial charge in [0.1, 0.15) is 12.1 Å². The van der Waals surface area contributed by atoms with Gasteiger partial charge in [-0.3, -0.25) is 4.79 Å². The number of anilines is 1. The zero-order chi connectivity index (χ0) is 9.84. The summed E-state index contributed by atoms with van der Waals surface area (Å²) >= 11 is 0. The van der Waals surface area contributed by atoms with Crippen LogP contribution in [0.3, 0.4) is 0 Å². The summed E-state index contributed by atoms with van der Waals surface area (Å²) in [5.74, 6) is -0.371. The molecule has 2 N–H and O–H groups in total. The molecule has 0 aromatic heterocycles. The molecule has 0 unspecified atom stereocenters. The van der Waals surface area contributed by atoms with Gasteiger partial charge in [0.25, 0.3) is 0 Å². The Hall–Kier alpha value is -1.64. The lowest BCUT2D eigenvalue weighted by Gasteiger charge is -2.02. The molecule has 0 aliphatic heterocycles. The Morgan fingerprint density at radius 3 is 2.77 bits per heavy atom. The molecule has 0 radical (unpaired) electrons. The predicted molar refractivity (Wildman–Crippen MR) is 50.6 cm³/mol. The number of rotatable bonds is 2. The number of hydrogen-bond donors (Lipinski definition) is 1. The van der Waals surface area contributed by atoms with E-state index in [0.29, 0.717) is 23.1 Å². The molecule has 0 amide bonds. The van der Waals surface area contributed by atoms with Crippen LogP contribution < -0.4 is 5.73 Å². The lowest BCUT2D eigenvalue weighted by molar-refractivity contribution is -0.104. The maximum atomic E-state index is 13.1. The third-order valence-corrected chi connectivity index (χ3v) is 1.74. The molecule has 13 heavy (non-hydrogen) atoms. The van der Waals surface area contributed by atoms with Crippen LogP contribution in [0.15, 0.2) is 18.2 Å². The van der Waals surface area contributed by atoms with Crippen LogP contribution in [0.4, 0.5) is 10.1 Å². The molecule has 0 saturated carbocycles. The first-order chi connectivity index (χ1) is 6.15. The summed E-state index contributed by atoms with van der Waals surface area (Å²) in [7, 11) is 0. The van der Waals surface area contributed by atoms with Crippen molar-refractivity contribution < 1.29 is 9.18 Å². The highest BCUT2D eigenvalue weighted by atomic mass is 19.1. The summed E-state index contributed by atoms with van der Waals surface area (Å²) < 4.78 is 13.1. The number of allylic oxidation sites excluding steroid dienone is 1. The van der Waals surface area contributed by atoms with E-state index in [1.54, 1.807) is 6.92 Å². The van der Waals surface area contributed by atoms with Gasteiger partial charge in [0, 0.05) is 11.3 Å². The maximum Gasteiger partial charge on any atom is 0.142 e. The second-order valence-corrected chi connectivity index (χ2v) is 2.73. The van der Waals surface area contributed by atoms with E-state index in [4.69, 9.17) is 5.73 Å². The highest BCUT2D eigenvalue weighted by Gasteiger charge is 2.01. The minimum Gasteiger partial charge on any atom is -0.398 e. The number of nitrogen functional groups attached to an aromatic ring is 1. The Kier molecular flexibility index (Phi) is 2.80. The van der Waals surface area contributed by atoms with E-state index in [-0.39, 0.29) is 5.82 Å². The highest BCUT2D eigenvalue weighted by Crippen LogP contribution is 2.17. The fraction of sp³-hybridized carbons (Fsp3) is 0.100. The summed E-state index contributed by atoms with van der Waals surface area (Å²) in [6.07, 6.45) is 3.21. The molecular weight excluding hydrogens is 169 g/mol. The van der Waals surface area contributed by atoms with Gasteiger partial charge in [0.2, 0.25) is 0 Å². The number of hydrogen-bond acceptors (Lipinski definition) is 2. The van der Waals surface area contributed by atoms with Gasteiger partial charge in [-0.15, -0.1) is 0 Å². The van der Waals surface area contributed by atoms with E-state index in [2.05, 4.69) is 0 Å². The van der Waals surface area contributed by atoms with Crippen molar-refractivity contribution in [3.63, 3.8) is 0 Å². The monoisotopic (exact) mass is 179 g/mol. The molecule has 68 valence electrons. The quantitative estimate of drug-likeness (QED) is 0.428. The maximum absolute atomic E-state index is 13.1. The second-order valence-electron chi connectivity index (χ2n) is 2.73. The average molecular weight is 179 g/mol. The van der Waals surface area contributed by atoms with Crippen LogP contribution in [0.2, 0.25) is 0 Å². The molecule has 0 aliphatic carbocycles. The zero-order valence-corrected chi connectivity index (χ0v) is 7.25. The molecule has 0 fully saturated rings. The number of benzene rings is 1. The molecule has 3 heteroatoms. The van der Waals surface area contributed by atoms with E-state index < -0.39 is 0 Å². The predicted octanol–water partition coefficient (Wildman–Crippen LogP) is 1.93. The molecule has 0 atom stereocenters. The fourth-order valence-corrected chi connectivity index (χ4v) is 0.978. The fourth-order valence-electron chi connectivity index (χ4n) is 0.978. The van der Waals surface area contributed by atoms with Crippen LogP contribution in [0, 0.1) is 12.7 Å². The van der Waals surface area contributed by atoms with Crippen molar-refractivity contribution in [1.82, 2.24) is 0 Å². The van der Waals surface area contributed by atoms with Crippen LogP contribution in [0.25, 0.3) is 6.08 Å². The topological polar surface area (TPSA) is 43.1 Å². The van der Waals surface area contributed by atoms with Gasteiger partial charge >= 0.3 is 0 Å². The highest BCUT2D eigenvalue weighted by molar-refractivity contribution is 5.74. The summed E-state index contributed by atoms with van der Waals surface area (Å²) in [5.41, 5.74) is 7.12. The Morgan fingerprint density at radius 2 is 2.15 bits per heavy atom. The van der Waals surface area contributed by atoms with Gasteiger partial charge in [0.15, 0.2) is 0 Å². The first-order valence-electron chi connectivity index (χ1n) is 3.82. The molecule has 0 aliphatic rings. The van der Waals surface area contributed by atoms with Crippen molar-refractivity contribution in [1.29, 1.82) is 0 Å². The SMILES string of the molecule is Cc1cc(F)c(C=CC=O)cc1N. The number of carbonyl (C=O) groups is 1. The Bertz CT molecular complexity index is 358. The van der Waals surface area contributed by atoms with Crippen molar-refractivity contribution in [2.24, 2.45) is 0 Å². The number of halogens is 1. The minimum absolute atomic E-state index is 0.329. The summed E-state index contributed by atoms with van der Waals surface area (Å²) in [4.78, 5) is 10.0. The molecule has 0 spiro atoms. The van der Waals surface area contributed by atoms with E-state index >= 15 is 0 Å². The first kappa shape index (κ1) is 9.45. The molecule has 1 aromatic rings. The van der Waals surface area contributed by atoms with Crippen LogP contribution in [-0.4, -0.2) is 6.29 Å². The molecule has 0 saturated heterocycles. The number of aryl methyl sites for hydroxylation is 1. The number of carbonyl (C=O) groups excluding carboxylic acids is 1. The molecule has 0 bridgehead atoms. The molecule has 2 nitrogen and oxygen atoms in total. The van der Waals surface area contributed by atoms with Crippen molar-refractivity contribution in [2.45, 2.75) is 6.92 Å². The third-order valence-electron chi connectivity index (χ3n) is 1.74. The van der Waals surface area contributed by atoms with Gasteiger partial charge in [-0.25, -0.2) is 4.39 Å². The second kappa shape index (κ2) is 3.85. The summed E-state index contributed by atoms with van der Waals surface area (Å²) in [6, 6.07) is 2.85. The van der Waals surface area contributed by atoms with Crippen molar-refractivity contribution in [2.75, 3.05) is 5.73 Å². The lowest BCUT2D eigenvalue weighted by atomic mass is 10.1.